The molecule has 32 heavy (non-hydrogen) atoms. The Bertz CT molecular complexity index is 1310. The first-order chi connectivity index (χ1) is 15.0. The average Bonchev–Trinajstić information content (AvgIpc) is 3.21. The van der Waals surface area contributed by atoms with Crippen molar-refractivity contribution >= 4 is 58.0 Å². The number of rotatable bonds is 3. The van der Waals surface area contributed by atoms with E-state index in [1.165, 1.54) is 18.2 Å². The Hall–Kier alpha value is -3.38. The first-order valence-electron chi connectivity index (χ1n) is 8.63. The van der Waals surface area contributed by atoms with Gasteiger partial charge in [-0.25, -0.2) is 14.8 Å². The molecular formula is C18H10Cl2F3N5O4. The molecule has 1 aliphatic heterocycles. The summed E-state index contributed by atoms with van der Waals surface area (Å²) in [5.41, 5.74) is -4.64. The highest BCUT2D eigenvalue weighted by Crippen LogP contribution is 2.45. The number of carbonyl (C=O) groups excluding carboxylic acids is 3. The highest BCUT2D eigenvalue weighted by Gasteiger charge is 2.67. The van der Waals surface area contributed by atoms with Crippen LogP contribution in [0.4, 0.5) is 19.1 Å². The van der Waals surface area contributed by atoms with E-state index in [4.69, 9.17) is 23.2 Å². The van der Waals surface area contributed by atoms with Crippen molar-refractivity contribution in [1.29, 1.82) is 0 Å². The minimum Gasteiger partial charge on any atom is -0.464 e. The van der Waals surface area contributed by atoms with Crippen LogP contribution in [0.1, 0.15) is 21.0 Å². The molecule has 3 heterocycles. The van der Waals surface area contributed by atoms with E-state index >= 15 is 0 Å². The van der Waals surface area contributed by atoms with Gasteiger partial charge in [0.2, 0.25) is 5.95 Å². The van der Waals surface area contributed by atoms with Crippen LogP contribution >= 0.6 is 23.2 Å². The molecule has 9 nitrogen and oxygen atoms in total. The van der Waals surface area contributed by atoms with E-state index < -0.39 is 41.3 Å². The van der Waals surface area contributed by atoms with Crippen molar-refractivity contribution < 1.29 is 32.3 Å². The fourth-order valence-electron chi connectivity index (χ4n) is 3.24. The molecule has 1 aromatic carbocycles. The first-order valence-corrected chi connectivity index (χ1v) is 9.39. The van der Waals surface area contributed by atoms with E-state index in [0.717, 1.165) is 19.2 Å². The number of carbonyl (C=O) groups is 3. The Morgan fingerprint density at radius 1 is 1.16 bits per heavy atom. The first kappa shape index (κ1) is 21.8. The van der Waals surface area contributed by atoms with E-state index in [9.17, 15) is 27.6 Å². The van der Waals surface area contributed by atoms with Crippen molar-refractivity contribution in [3.63, 3.8) is 0 Å². The predicted octanol–water partition coefficient (Wildman–Crippen LogP) is 3.12. The minimum atomic E-state index is -5.32. The lowest BCUT2D eigenvalue weighted by atomic mass is 10.1. The van der Waals surface area contributed by atoms with Gasteiger partial charge in [0.15, 0.2) is 0 Å². The highest BCUT2D eigenvalue weighted by atomic mass is 35.5. The topological polar surface area (TPSA) is 115 Å². The second kappa shape index (κ2) is 7.35. The van der Waals surface area contributed by atoms with Gasteiger partial charge in [0, 0.05) is 0 Å². The fraction of sp³-hybridized carbons (Fsp3) is 0.167. The third kappa shape index (κ3) is 3.14. The Kier molecular flexibility index (Phi) is 5.01. The van der Waals surface area contributed by atoms with Gasteiger partial charge in [0.25, 0.3) is 17.5 Å². The number of anilines is 1. The van der Waals surface area contributed by atoms with Crippen molar-refractivity contribution in [1.82, 2.24) is 19.9 Å². The number of hydrogen-bond donors (Lipinski definition) is 2. The van der Waals surface area contributed by atoms with Crippen LogP contribution in [-0.4, -0.2) is 45.6 Å². The Labute approximate surface area is 186 Å². The molecule has 0 spiro atoms. The summed E-state index contributed by atoms with van der Waals surface area (Å²) >= 11 is 11.9. The number of ether oxygens (including phenoxy) is 1. The van der Waals surface area contributed by atoms with Crippen LogP contribution < -0.4 is 10.6 Å². The standard InChI is InChI=1S/C18H10Cl2F3N5O4/c1-32-14(30)10-4-2-3-9(24-10)13(29)27-17(18(21,22)23)15(31)26-16-25-11-5-7(19)8(20)6-12(11)28(16)17/h2-6H,1H3,(H,27,29)(H,25,26,31). The maximum atomic E-state index is 14.4. The zero-order valence-corrected chi connectivity index (χ0v) is 17.3. The number of imidazole rings is 1. The number of fused-ring (bicyclic) bond motifs is 3. The molecule has 1 unspecified atom stereocenters. The maximum absolute atomic E-state index is 14.4. The van der Waals surface area contributed by atoms with E-state index in [1.54, 1.807) is 5.32 Å². The Balaban J connectivity index is 1.87. The van der Waals surface area contributed by atoms with E-state index in [-0.39, 0.29) is 26.8 Å². The number of nitrogens with one attached hydrogen (secondary N) is 2. The molecule has 1 atom stereocenters. The summed E-state index contributed by atoms with van der Waals surface area (Å²) in [7, 11) is 1.07. The molecule has 3 aromatic rings. The molecule has 0 bridgehead atoms. The third-order valence-corrected chi connectivity index (χ3v) is 5.39. The van der Waals surface area contributed by atoms with Crippen LogP contribution in [0, 0.1) is 0 Å². The molecular weight excluding hydrogens is 478 g/mol. The van der Waals surface area contributed by atoms with Crippen molar-refractivity contribution in [3.8, 4) is 0 Å². The van der Waals surface area contributed by atoms with Crippen LogP contribution in [0.2, 0.25) is 10.0 Å². The molecule has 0 saturated heterocycles. The van der Waals surface area contributed by atoms with Crippen molar-refractivity contribution in [2.75, 3.05) is 12.4 Å². The van der Waals surface area contributed by atoms with Gasteiger partial charge in [-0.15, -0.1) is 0 Å². The minimum absolute atomic E-state index is 0.00286. The largest absolute Gasteiger partial charge is 0.464 e. The summed E-state index contributed by atoms with van der Waals surface area (Å²) < 4.78 is 48.1. The summed E-state index contributed by atoms with van der Waals surface area (Å²) in [6, 6.07) is 5.82. The van der Waals surface area contributed by atoms with E-state index in [0.29, 0.717) is 4.57 Å². The van der Waals surface area contributed by atoms with Gasteiger partial charge in [-0.3, -0.25) is 19.5 Å². The molecule has 1 aliphatic rings. The highest BCUT2D eigenvalue weighted by molar-refractivity contribution is 6.42. The lowest BCUT2D eigenvalue weighted by molar-refractivity contribution is -0.213. The zero-order chi connectivity index (χ0) is 23.4. The number of esters is 1. The van der Waals surface area contributed by atoms with E-state index in [1.807, 2.05) is 5.32 Å². The number of amides is 2. The average molecular weight is 488 g/mol. The lowest BCUT2D eigenvalue weighted by Gasteiger charge is -2.31. The number of aromatic nitrogens is 3. The summed E-state index contributed by atoms with van der Waals surface area (Å²) in [6.45, 7) is 0. The molecule has 4 rings (SSSR count). The van der Waals surface area contributed by atoms with Crippen LogP contribution in [-0.2, 0) is 15.2 Å². The SMILES string of the molecule is COC(=O)c1cccc(C(=O)NC2(C(F)(F)F)C(=O)Nc3nc4cc(Cl)c(Cl)cc4n32)n1. The van der Waals surface area contributed by atoms with Crippen LogP contribution in [0.15, 0.2) is 30.3 Å². The third-order valence-electron chi connectivity index (χ3n) is 4.67. The number of halogens is 5. The molecule has 166 valence electrons. The quantitative estimate of drug-likeness (QED) is 0.548. The number of methoxy groups -OCH3 is 1. The van der Waals surface area contributed by atoms with Crippen LogP contribution in [0.5, 0.6) is 0 Å². The molecule has 0 radical (unpaired) electrons. The number of alkyl halides is 3. The van der Waals surface area contributed by atoms with Gasteiger partial charge in [-0.2, -0.15) is 13.2 Å². The smallest absolute Gasteiger partial charge is 0.440 e. The predicted molar refractivity (Wildman–Crippen MR) is 105 cm³/mol. The van der Waals surface area contributed by atoms with Gasteiger partial charge in [0.05, 0.1) is 28.2 Å². The monoisotopic (exact) mass is 487 g/mol. The van der Waals surface area contributed by atoms with Gasteiger partial charge in [-0.05, 0) is 24.3 Å². The molecule has 2 N–H and O–H groups in total. The van der Waals surface area contributed by atoms with Crippen LogP contribution in [0.25, 0.3) is 11.0 Å². The number of nitrogens with zero attached hydrogens (tertiary/aromatic N) is 3. The zero-order valence-electron chi connectivity index (χ0n) is 15.8. The summed E-state index contributed by atoms with van der Waals surface area (Å²) in [5.74, 6) is -4.36. The fourth-order valence-corrected chi connectivity index (χ4v) is 3.55. The number of benzene rings is 1. The second-order valence-corrected chi connectivity index (χ2v) is 7.36. The molecule has 14 heteroatoms. The second-order valence-electron chi connectivity index (χ2n) is 6.54. The molecule has 0 aliphatic carbocycles. The van der Waals surface area contributed by atoms with Crippen molar-refractivity contribution in [3.05, 3.63) is 51.8 Å². The molecule has 0 fully saturated rings. The van der Waals surface area contributed by atoms with Gasteiger partial charge >= 0.3 is 12.1 Å². The summed E-state index contributed by atoms with van der Waals surface area (Å²) in [5, 5.41) is 3.67. The van der Waals surface area contributed by atoms with Crippen LogP contribution in [0.3, 0.4) is 0 Å². The Morgan fingerprint density at radius 3 is 2.47 bits per heavy atom. The van der Waals surface area contributed by atoms with Gasteiger partial charge in [-0.1, -0.05) is 29.3 Å². The molecule has 0 saturated carbocycles. The molecule has 2 amide bonds. The normalized spacial score (nSPS) is 17.8. The number of hydrogen-bond acceptors (Lipinski definition) is 6. The number of pyridine rings is 1. The summed E-state index contributed by atoms with van der Waals surface area (Å²) in [6.07, 6.45) is -5.32. The van der Waals surface area contributed by atoms with E-state index in [2.05, 4.69) is 14.7 Å². The maximum Gasteiger partial charge on any atom is 0.440 e. The van der Waals surface area contributed by atoms with Gasteiger partial charge in [0.1, 0.15) is 11.4 Å². The Morgan fingerprint density at radius 2 is 1.81 bits per heavy atom. The van der Waals surface area contributed by atoms with Crippen molar-refractivity contribution in [2.45, 2.75) is 11.8 Å². The summed E-state index contributed by atoms with van der Waals surface area (Å²) in [4.78, 5) is 44.6. The van der Waals surface area contributed by atoms with Crippen molar-refractivity contribution in [2.24, 2.45) is 0 Å². The lowest BCUT2D eigenvalue weighted by Crippen LogP contribution is -2.63. The molecule has 2 aromatic heterocycles. The van der Waals surface area contributed by atoms with Gasteiger partial charge < -0.3 is 10.1 Å².